The van der Waals surface area contributed by atoms with Crippen molar-refractivity contribution in [2.75, 3.05) is 18.1 Å². The maximum atomic E-state index is 14.0. The Morgan fingerprint density at radius 2 is 1.94 bits per heavy atom. The average Bonchev–Trinajstić information content (AvgIpc) is 3.41. The number of rotatable bonds is 3. The van der Waals surface area contributed by atoms with Crippen LogP contribution in [0.5, 0.6) is 11.5 Å². The molecule has 1 atom stereocenters. The SMILES string of the molecule is O=C1C(=O)N(c2nc3cc(Cl)c(F)cc3s2)C(c2cccnc2)/C1=C(\O)c1ccc2c(c1)OCCO2. The largest absolute Gasteiger partial charge is 0.507 e. The molecular weight excluding hydrogens is 509 g/mol. The molecule has 6 rings (SSSR count). The van der Waals surface area contributed by atoms with Crippen molar-refractivity contribution in [2.24, 2.45) is 0 Å². The zero-order valence-corrected chi connectivity index (χ0v) is 19.8. The molecule has 2 aromatic heterocycles. The number of carbonyl (C=O) groups excluding carboxylic acids is 2. The van der Waals surface area contributed by atoms with E-state index in [0.29, 0.717) is 40.5 Å². The summed E-state index contributed by atoms with van der Waals surface area (Å²) in [7, 11) is 0. The van der Waals surface area contributed by atoms with Gasteiger partial charge in [-0.25, -0.2) is 9.37 Å². The number of aromatic nitrogens is 2. The third-order valence-electron chi connectivity index (χ3n) is 5.89. The molecule has 8 nitrogen and oxygen atoms in total. The number of hydrogen-bond donors (Lipinski definition) is 1. The number of ketones is 1. The van der Waals surface area contributed by atoms with Crippen molar-refractivity contribution in [3.63, 3.8) is 0 Å². The zero-order valence-electron chi connectivity index (χ0n) is 18.3. The van der Waals surface area contributed by atoms with Crippen molar-refractivity contribution in [1.82, 2.24) is 9.97 Å². The number of nitrogens with zero attached hydrogens (tertiary/aromatic N) is 3. The number of pyridine rings is 1. The Kier molecular flexibility index (Phi) is 5.35. The second kappa shape index (κ2) is 8.58. The lowest BCUT2D eigenvalue weighted by atomic mass is 9.96. The molecular formula is C25H15ClFN3O5S. The molecule has 4 heterocycles. The number of aliphatic hydroxyl groups excluding tert-OH is 1. The summed E-state index contributed by atoms with van der Waals surface area (Å²) < 4.78 is 25.6. The highest BCUT2D eigenvalue weighted by Gasteiger charge is 2.48. The minimum atomic E-state index is -1.02. The van der Waals surface area contributed by atoms with Crippen molar-refractivity contribution in [2.45, 2.75) is 6.04 Å². The highest BCUT2D eigenvalue weighted by molar-refractivity contribution is 7.22. The normalized spacial score (nSPS) is 18.7. The fourth-order valence-electron chi connectivity index (χ4n) is 4.24. The van der Waals surface area contributed by atoms with Crippen molar-refractivity contribution in [3.05, 3.63) is 82.4 Å². The molecule has 1 saturated heterocycles. The summed E-state index contributed by atoms with van der Waals surface area (Å²) >= 11 is 6.93. The molecule has 1 amide bonds. The van der Waals surface area contributed by atoms with E-state index in [9.17, 15) is 19.1 Å². The third-order valence-corrected chi connectivity index (χ3v) is 7.19. The Morgan fingerprint density at radius 1 is 1.14 bits per heavy atom. The van der Waals surface area contributed by atoms with Crippen LogP contribution >= 0.6 is 22.9 Å². The molecule has 0 radical (unpaired) electrons. The molecule has 0 saturated carbocycles. The molecule has 2 aliphatic rings. The van der Waals surface area contributed by atoms with Crippen LogP contribution in [0.4, 0.5) is 9.52 Å². The second-order valence-electron chi connectivity index (χ2n) is 8.04. The van der Waals surface area contributed by atoms with Gasteiger partial charge in [0.25, 0.3) is 5.78 Å². The highest BCUT2D eigenvalue weighted by Crippen LogP contribution is 2.45. The molecule has 1 fully saturated rings. The number of fused-ring (bicyclic) bond motifs is 2. The lowest BCUT2D eigenvalue weighted by Crippen LogP contribution is -2.29. The summed E-state index contributed by atoms with van der Waals surface area (Å²) in [6.07, 6.45) is 3.06. The molecule has 2 aromatic carbocycles. The van der Waals surface area contributed by atoms with Crippen LogP contribution in [0.2, 0.25) is 5.02 Å². The van der Waals surface area contributed by atoms with Gasteiger partial charge in [0, 0.05) is 18.0 Å². The Bertz CT molecular complexity index is 1550. The van der Waals surface area contributed by atoms with Crippen LogP contribution in [0.25, 0.3) is 16.0 Å². The molecule has 11 heteroatoms. The second-order valence-corrected chi connectivity index (χ2v) is 9.46. The number of halogens is 2. The molecule has 36 heavy (non-hydrogen) atoms. The van der Waals surface area contributed by atoms with Gasteiger partial charge in [0.05, 0.1) is 26.9 Å². The molecule has 1 unspecified atom stereocenters. The predicted octanol–water partition coefficient (Wildman–Crippen LogP) is 4.88. The van der Waals surface area contributed by atoms with E-state index in [0.717, 1.165) is 11.3 Å². The fraction of sp³-hybridized carbons (Fsp3) is 0.120. The van der Waals surface area contributed by atoms with Crippen LogP contribution in [0.15, 0.2) is 60.4 Å². The summed E-state index contributed by atoms with van der Waals surface area (Å²) in [5.41, 5.74) is 1.01. The summed E-state index contributed by atoms with van der Waals surface area (Å²) in [6, 6.07) is 9.68. The standard InChI is InChI=1S/C25H15ClFN3O5S/c26-14-9-16-19(10-15(14)27)36-25(29-16)30-21(13-2-1-5-28-11-13)20(23(32)24(30)33)22(31)12-3-4-17-18(8-12)35-7-6-34-17/h1-5,8-11,21,31H,6-7H2/b22-20+. The maximum absolute atomic E-state index is 14.0. The number of ether oxygens (including phenoxy) is 2. The first-order valence-corrected chi connectivity index (χ1v) is 12.0. The Morgan fingerprint density at radius 3 is 2.72 bits per heavy atom. The number of carbonyl (C=O) groups is 2. The monoisotopic (exact) mass is 523 g/mol. The number of hydrogen-bond acceptors (Lipinski definition) is 8. The van der Waals surface area contributed by atoms with Gasteiger partial charge in [-0.15, -0.1) is 0 Å². The van der Waals surface area contributed by atoms with E-state index in [4.69, 9.17) is 21.1 Å². The fourth-order valence-corrected chi connectivity index (χ4v) is 5.40. The number of Topliss-reactive ketones (excluding diaryl/α,β-unsaturated/α-hetero) is 1. The molecule has 0 spiro atoms. The molecule has 0 bridgehead atoms. The van der Waals surface area contributed by atoms with Gasteiger partial charge in [-0.3, -0.25) is 19.5 Å². The van der Waals surface area contributed by atoms with E-state index >= 15 is 0 Å². The van der Waals surface area contributed by atoms with Crippen molar-refractivity contribution in [1.29, 1.82) is 0 Å². The minimum absolute atomic E-state index is 0.108. The number of anilines is 1. The van der Waals surface area contributed by atoms with E-state index in [1.807, 2.05) is 0 Å². The first kappa shape index (κ1) is 22.4. The van der Waals surface area contributed by atoms with Gasteiger partial charge in [0.15, 0.2) is 16.6 Å². The van der Waals surface area contributed by atoms with Crippen molar-refractivity contribution in [3.8, 4) is 11.5 Å². The van der Waals surface area contributed by atoms with Crippen LogP contribution in [0, 0.1) is 5.82 Å². The van der Waals surface area contributed by atoms with Gasteiger partial charge >= 0.3 is 5.91 Å². The quantitative estimate of drug-likeness (QED) is 0.232. The van der Waals surface area contributed by atoms with Gasteiger partial charge in [-0.05, 0) is 42.0 Å². The minimum Gasteiger partial charge on any atom is -0.507 e. The predicted molar refractivity (Wildman–Crippen MR) is 131 cm³/mol. The van der Waals surface area contributed by atoms with Gasteiger partial charge in [-0.2, -0.15) is 0 Å². The van der Waals surface area contributed by atoms with Gasteiger partial charge in [0.2, 0.25) is 0 Å². The van der Waals surface area contributed by atoms with Gasteiger partial charge in [-0.1, -0.05) is 29.0 Å². The molecule has 180 valence electrons. The zero-order chi connectivity index (χ0) is 25.0. The lowest BCUT2D eigenvalue weighted by Gasteiger charge is -2.23. The van der Waals surface area contributed by atoms with Crippen LogP contribution in [0.1, 0.15) is 17.2 Å². The molecule has 0 aliphatic carbocycles. The molecule has 1 N–H and O–H groups in total. The Balaban J connectivity index is 1.53. The third kappa shape index (κ3) is 3.57. The van der Waals surface area contributed by atoms with E-state index in [-0.39, 0.29) is 27.0 Å². The molecule has 2 aliphatic heterocycles. The van der Waals surface area contributed by atoms with E-state index in [1.54, 1.807) is 36.5 Å². The topological polar surface area (TPSA) is 102 Å². The van der Waals surface area contributed by atoms with Crippen LogP contribution in [-0.4, -0.2) is 40.0 Å². The smallest absolute Gasteiger partial charge is 0.301 e. The number of thiazole rings is 1. The Hall–Kier alpha value is -4.02. The maximum Gasteiger partial charge on any atom is 0.301 e. The van der Waals surface area contributed by atoms with Gasteiger partial charge < -0.3 is 14.6 Å². The summed E-state index contributed by atoms with van der Waals surface area (Å²) in [4.78, 5) is 36.4. The van der Waals surface area contributed by atoms with Crippen LogP contribution < -0.4 is 14.4 Å². The van der Waals surface area contributed by atoms with Crippen LogP contribution in [-0.2, 0) is 9.59 Å². The average molecular weight is 524 g/mol. The first-order chi connectivity index (χ1) is 17.4. The van der Waals surface area contributed by atoms with E-state index in [2.05, 4.69) is 9.97 Å². The lowest BCUT2D eigenvalue weighted by molar-refractivity contribution is -0.132. The number of aliphatic hydroxyl groups is 1. The van der Waals surface area contributed by atoms with E-state index < -0.39 is 23.5 Å². The molecule has 4 aromatic rings. The van der Waals surface area contributed by atoms with Crippen LogP contribution in [0.3, 0.4) is 0 Å². The number of amides is 1. The summed E-state index contributed by atoms with van der Waals surface area (Å²) in [5, 5.41) is 11.3. The van der Waals surface area contributed by atoms with Gasteiger partial charge in [0.1, 0.15) is 24.8 Å². The summed E-state index contributed by atoms with van der Waals surface area (Å²) in [6.45, 7) is 0.751. The highest BCUT2D eigenvalue weighted by atomic mass is 35.5. The van der Waals surface area contributed by atoms with Crippen molar-refractivity contribution < 1.29 is 28.6 Å². The Labute approximate surface area is 212 Å². The van der Waals surface area contributed by atoms with E-state index in [1.165, 1.54) is 23.2 Å². The summed E-state index contributed by atoms with van der Waals surface area (Å²) in [5.74, 6) is -1.83. The number of benzene rings is 2. The first-order valence-electron chi connectivity index (χ1n) is 10.8. The van der Waals surface area contributed by atoms with Crippen molar-refractivity contribution >= 4 is 55.7 Å².